The van der Waals surface area contributed by atoms with Crippen molar-refractivity contribution in [1.82, 2.24) is 5.32 Å². The van der Waals surface area contributed by atoms with E-state index in [1.165, 1.54) is 18.2 Å². The van der Waals surface area contributed by atoms with Crippen molar-refractivity contribution in [2.24, 2.45) is 0 Å². The van der Waals surface area contributed by atoms with Gasteiger partial charge in [0.2, 0.25) is 10.0 Å². The van der Waals surface area contributed by atoms with Gasteiger partial charge < -0.3 is 10.6 Å². The minimum Gasteiger partial charge on any atom is -0.345 e. The van der Waals surface area contributed by atoms with Crippen LogP contribution in [-0.2, 0) is 10.0 Å². The van der Waals surface area contributed by atoms with Crippen LogP contribution in [0.15, 0.2) is 72.8 Å². The summed E-state index contributed by atoms with van der Waals surface area (Å²) in [6.07, 6.45) is 1.01. The number of nitrogens with one attached hydrogen (secondary N) is 3. The second-order valence-electron chi connectivity index (χ2n) is 7.17. The van der Waals surface area contributed by atoms with Crippen LogP contribution in [0.3, 0.4) is 0 Å². The van der Waals surface area contributed by atoms with Gasteiger partial charge >= 0.3 is 0 Å². The van der Waals surface area contributed by atoms with Crippen molar-refractivity contribution in [1.29, 1.82) is 0 Å². The van der Waals surface area contributed by atoms with Crippen LogP contribution < -0.4 is 15.4 Å². The Morgan fingerprint density at radius 1 is 0.875 bits per heavy atom. The molecule has 166 valence electrons. The van der Waals surface area contributed by atoms with Gasteiger partial charge in [-0.05, 0) is 42.8 Å². The van der Waals surface area contributed by atoms with E-state index >= 15 is 0 Å². The van der Waals surface area contributed by atoms with Gasteiger partial charge in [-0.1, -0.05) is 54.1 Å². The first-order chi connectivity index (χ1) is 15.1. The van der Waals surface area contributed by atoms with Gasteiger partial charge in [-0.3, -0.25) is 14.3 Å². The van der Waals surface area contributed by atoms with Crippen molar-refractivity contribution in [3.8, 4) is 0 Å². The number of rotatable bonds is 7. The topological polar surface area (TPSA) is 104 Å². The number of carbonyl (C=O) groups is 2. The Morgan fingerprint density at radius 2 is 1.53 bits per heavy atom. The SMILES string of the molecule is C[C@H](NC(=O)c1ccccc1NC(=O)c1cc(NS(C)(=O)=O)ccc1Cl)c1ccccc1. The van der Waals surface area contributed by atoms with Crippen molar-refractivity contribution in [2.75, 3.05) is 16.3 Å². The zero-order valence-corrected chi connectivity index (χ0v) is 19.0. The van der Waals surface area contributed by atoms with E-state index in [1.807, 2.05) is 37.3 Å². The summed E-state index contributed by atoms with van der Waals surface area (Å²) < 4.78 is 25.3. The molecular weight excluding hydrogens is 450 g/mol. The Bertz CT molecular complexity index is 1250. The Kier molecular flexibility index (Phi) is 7.17. The molecule has 1 atom stereocenters. The molecule has 0 aliphatic rings. The van der Waals surface area contributed by atoms with Crippen LogP contribution >= 0.6 is 11.6 Å². The Morgan fingerprint density at radius 3 is 2.22 bits per heavy atom. The van der Waals surface area contributed by atoms with Gasteiger partial charge in [0.25, 0.3) is 11.8 Å². The van der Waals surface area contributed by atoms with Crippen LogP contribution in [0.5, 0.6) is 0 Å². The van der Waals surface area contributed by atoms with Gasteiger partial charge in [-0.2, -0.15) is 0 Å². The summed E-state index contributed by atoms with van der Waals surface area (Å²) in [5.41, 5.74) is 1.79. The van der Waals surface area contributed by atoms with Gasteiger partial charge in [0.05, 0.1) is 34.1 Å². The molecule has 3 N–H and O–H groups in total. The minimum atomic E-state index is -3.52. The molecule has 0 fully saturated rings. The van der Waals surface area contributed by atoms with Crippen molar-refractivity contribution in [3.63, 3.8) is 0 Å². The smallest absolute Gasteiger partial charge is 0.257 e. The molecule has 3 aromatic carbocycles. The van der Waals surface area contributed by atoms with Crippen molar-refractivity contribution < 1.29 is 18.0 Å². The summed E-state index contributed by atoms with van der Waals surface area (Å²) in [7, 11) is -3.52. The molecule has 0 saturated carbocycles. The van der Waals surface area contributed by atoms with Crippen molar-refractivity contribution in [3.05, 3.63) is 94.5 Å². The highest BCUT2D eigenvalue weighted by Crippen LogP contribution is 2.24. The first kappa shape index (κ1) is 23.3. The van der Waals surface area contributed by atoms with E-state index in [0.717, 1.165) is 11.8 Å². The largest absolute Gasteiger partial charge is 0.345 e. The lowest BCUT2D eigenvalue weighted by atomic mass is 10.1. The van der Waals surface area contributed by atoms with E-state index in [1.54, 1.807) is 24.3 Å². The molecule has 3 rings (SSSR count). The maximum Gasteiger partial charge on any atom is 0.257 e. The van der Waals surface area contributed by atoms with Crippen LogP contribution in [0.4, 0.5) is 11.4 Å². The molecule has 0 spiro atoms. The molecule has 3 aromatic rings. The lowest BCUT2D eigenvalue weighted by Gasteiger charge is -2.17. The molecule has 9 heteroatoms. The van der Waals surface area contributed by atoms with Crippen LogP contribution in [0.2, 0.25) is 5.02 Å². The predicted octanol–water partition coefficient (Wildman–Crippen LogP) is 4.45. The third-order valence-corrected chi connectivity index (χ3v) is 5.52. The summed E-state index contributed by atoms with van der Waals surface area (Å²) >= 11 is 6.15. The average Bonchev–Trinajstić information content (AvgIpc) is 2.75. The summed E-state index contributed by atoms with van der Waals surface area (Å²) in [5, 5.41) is 5.75. The summed E-state index contributed by atoms with van der Waals surface area (Å²) in [5.74, 6) is -0.931. The van der Waals surface area contributed by atoms with E-state index < -0.39 is 15.9 Å². The number of halogens is 1. The third-order valence-electron chi connectivity index (χ3n) is 4.58. The fourth-order valence-electron chi connectivity index (χ4n) is 3.06. The van der Waals surface area contributed by atoms with E-state index in [9.17, 15) is 18.0 Å². The Balaban J connectivity index is 1.81. The second kappa shape index (κ2) is 9.84. The van der Waals surface area contributed by atoms with E-state index in [-0.39, 0.29) is 33.8 Å². The highest BCUT2D eigenvalue weighted by molar-refractivity contribution is 7.92. The van der Waals surface area contributed by atoms with Crippen molar-refractivity contribution >= 4 is 44.8 Å². The fourth-order valence-corrected chi connectivity index (χ4v) is 3.81. The zero-order valence-electron chi connectivity index (χ0n) is 17.4. The van der Waals surface area contributed by atoms with Crippen LogP contribution in [0.25, 0.3) is 0 Å². The third kappa shape index (κ3) is 6.09. The Labute approximate surface area is 191 Å². The second-order valence-corrected chi connectivity index (χ2v) is 9.33. The van der Waals surface area contributed by atoms with Gasteiger partial charge in [-0.25, -0.2) is 8.42 Å². The van der Waals surface area contributed by atoms with Gasteiger partial charge in [-0.15, -0.1) is 0 Å². The maximum atomic E-state index is 12.9. The lowest BCUT2D eigenvalue weighted by Crippen LogP contribution is -2.28. The molecule has 0 radical (unpaired) electrons. The Hall–Kier alpha value is -3.36. The molecule has 0 heterocycles. The van der Waals surface area contributed by atoms with Crippen LogP contribution in [0, 0.1) is 0 Å². The molecule has 7 nitrogen and oxygen atoms in total. The number of sulfonamides is 1. The number of anilines is 2. The molecule has 0 aliphatic heterocycles. The van der Waals surface area contributed by atoms with Crippen molar-refractivity contribution in [2.45, 2.75) is 13.0 Å². The minimum absolute atomic E-state index is 0.0631. The van der Waals surface area contributed by atoms with Crippen LogP contribution in [0.1, 0.15) is 39.2 Å². The molecule has 32 heavy (non-hydrogen) atoms. The lowest BCUT2D eigenvalue weighted by molar-refractivity contribution is 0.0940. The monoisotopic (exact) mass is 471 g/mol. The standard InChI is InChI=1S/C23H22ClN3O4S/c1-15(16-8-4-3-5-9-16)25-22(28)18-10-6-7-11-21(18)26-23(29)19-14-17(12-13-20(19)24)27-32(2,30)31/h3-15,27H,1-2H3,(H,25,28)(H,26,29)/t15-/m0/s1. The van der Waals surface area contributed by atoms with E-state index in [4.69, 9.17) is 11.6 Å². The quantitative estimate of drug-likeness (QED) is 0.473. The molecule has 0 unspecified atom stereocenters. The number of carbonyl (C=O) groups excluding carboxylic acids is 2. The molecular formula is C23H22ClN3O4S. The summed E-state index contributed by atoms with van der Waals surface area (Å²) in [6, 6.07) is 20.1. The molecule has 0 bridgehead atoms. The first-order valence-electron chi connectivity index (χ1n) is 9.67. The maximum absolute atomic E-state index is 12.9. The number of para-hydroxylation sites is 1. The number of amides is 2. The van der Waals surface area contributed by atoms with Crippen LogP contribution in [-0.4, -0.2) is 26.5 Å². The first-order valence-corrected chi connectivity index (χ1v) is 11.9. The predicted molar refractivity (Wildman–Crippen MR) is 127 cm³/mol. The van der Waals surface area contributed by atoms with Gasteiger partial charge in [0.15, 0.2) is 0 Å². The molecule has 0 saturated heterocycles. The van der Waals surface area contributed by atoms with E-state index in [2.05, 4.69) is 15.4 Å². The number of hydrogen-bond donors (Lipinski definition) is 3. The number of hydrogen-bond acceptors (Lipinski definition) is 4. The van der Waals surface area contributed by atoms with Gasteiger partial charge in [0.1, 0.15) is 0 Å². The van der Waals surface area contributed by atoms with E-state index in [0.29, 0.717) is 5.69 Å². The molecule has 0 aliphatic carbocycles. The average molecular weight is 472 g/mol. The fraction of sp³-hybridized carbons (Fsp3) is 0.130. The summed E-state index contributed by atoms with van der Waals surface area (Å²) in [6.45, 7) is 1.87. The normalized spacial score (nSPS) is 12.0. The molecule has 0 aromatic heterocycles. The van der Waals surface area contributed by atoms with Gasteiger partial charge in [0, 0.05) is 5.69 Å². The molecule has 2 amide bonds. The highest BCUT2D eigenvalue weighted by Gasteiger charge is 2.18. The zero-order chi connectivity index (χ0) is 23.3. The summed E-state index contributed by atoms with van der Waals surface area (Å²) in [4.78, 5) is 25.7. The highest BCUT2D eigenvalue weighted by atomic mass is 35.5. The number of benzene rings is 3.